The molecule has 3 N–H and O–H groups in total. The van der Waals surface area contributed by atoms with Crippen LogP contribution in [-0.4, -0.2) is 20.3 Å². The predicted molar refractivity (Wildman–Crippen MR) is 80.3 cm³/mol. The van der Waals surface area contributed by atoms with E-state index in [0.29, 0.717) is 17.8 Å². The summed E-state index contributed by atoms with van der Waals surface area (Å²) in [5.74, 6) is 0.516. The number of hydrogen-bond donors (Lipinski definition) is 2. The van der Waals surface area contributed by atoms with Crippen LogP contribution >= 0.6 is 11.7 Å². The number of nitrogen functional groups attached to an aromatic ring is 1. The van der Waals surface area contributed by atoms with Crippen LogP contribution in [0.3, 0.4) is 0 Å². The van der Waals surface area contributed by atoms with E-state index in [4.69, 9.17) is 10.5 Å². The third kappa shape index (κ3) is 2.82. The summed E-state index contributed by atoms with van der Waals surface area (Å²) in [4.78, 5) is 12.2. The number of ether oxygens (including phenoxy) is 1. The first-order valence-corrected chi connectivity index (χ1v) is 7.34. The molecule has 0 aliphatic carbocycles. The van der Waals surface area contributed by atoms with Gasteiger partial charge in [-0.25, -0.2) is 0 Å². The van der Waals surface area contributed by atoms with Gasteiger partial charge in [0, 0.05) is 17.7 Å². The van der Waals surface area contributed by atoms with E-state index < -0.39 is 0 Å². The van der Waals surface area contributed by atoms with Gasteiger partial charge in [-0.15, -0.1) is 0 Å². The zero-order valence-corrected chi connectivity index (χ0v) is 12.6. The van der Waals surface area contributed by atoms with E-state index in [9.17, 15) is 4.79 Å². The van der Waals surface area contributed by atoms with Gasteiger partial charge in [0.2, 0.25) is 0 Å². The Labute approximate surface area is 126 Å². The van der Waals surface area contributed by atoms with E-state index in [1.807, 2.05) is 26.0 Å². The Morgan fingerprint density at radius 2 is 2.33 bits per heavy atom. The number of benzene rings is 1. The number of anilines is 1. The average molecular weight is 304 g/mol. The number of aromatic nitrogens is 2. The normalized spacial score (nSPS) is 19.4. The lowest BCUT2D eigenvalue weighted by Gasteiger charge is -2.37. The van der Waals surface area contributed by atoms with Gasteiger partial charge in [0.1, 0.15) is 11.4 Å². The van der Waals surface area contributed by atoms with Gasteiger partial charge in [-0.1, -0.05) is 0 Å². The maximum Gasteiger partial charge on any atom is 0.273 e. The summed E-state index contributed by atoms with van der Waals surface area (Å²) in [5, 5.41) is 2.99. The van der Waals surface area contributed by atoms with Crippen molar-refractivity contribution in [3.8, 4) is 5.75 Å². The van der Waals surface area contributed by atoms with Crippen molar-refractivity contribution < 1.29 is 9.53 Å². The van der Waals surface area contributed by atoms with Crippen LogP contribution in [0.25, 0.3) is 0 Å². The van der Waals surface area contributed by atoms with Crippen LogP contribution in [0.15, 0.2) is 24.4 Å². The molecular weight excluding hydrogens is 288 g/mol. The summed E-state index contributed by atoms with van der Waals surface area (Å²) in [7, 11) is 0. The molecule has 1 aliphatic rings. The van der Waals surface area contributed by atoms with Crippen LogP contribution in [0.4, 0.5) is 5.69 Å². The van der Waals surface area contributed by atoms with Crippen LogP contribution in [0.1, 0.15) is 42.4 Å². The highest BCUT2D eigenvalue weighted by Crippen LogP contribution is 2.40. The molecule has 0 spiro atoms. The van der Waals surface area contributed by atoms with Crippen molar-refractivity contribution in [3.05, 3.63) is 35.7 Å². The first kappa shape index (κ1) is 13.8. The Bertz CT molecular complexity index is 670. The van der Waals surface area contributed by atoms with Crippen molar-refractivity contribution in [3.63, 3.8) is 0 Å². The van der Waals surface area contributed by atoms with Crippen LogP contribution in [0.5, 0.6) is 5.75 Å². The Morgan fingerprint density at radius 1 is 1.52 bits per heavy atom. The number of carbonyl (C=O) groups excluding carboxylic acids is 1. The van der Waals surface area contributed by atoms with E-state index in [1.165, 1.54) is 6.20 Å². The summed E-state index contributed by atoms with van der Waals surface area (Å²) in [6.07, 6.45) is 2.12. The number of amides is 1. The molecule has 0 fully saturated rings. The Morgan fingerprint density at radius 3 is 3.05 bits per heavy atom. The van der Waals surface area contributed by atoms with Gasteiger partial charge in [-0.05, 0) is 32.0 Å². The van der Waals surface area contributed by atoms with Crippen LogP contribution in [0, 0.1) is 0 Å². The molecule has 1 aliphatic heterocycles. The van der Waals surface area contributed by atoms with Crippen molar-refractivity contribution in [2.45, 2.75) is 31.9 Å². The molecular formula is C14H16N4O2S. The summed E-state index contributed by atoms with van der Waals surface area (Å²) in [6, 6.07) is 5.31. The largest absolute Gasteiger partial charge is 0.487 e. The molecule has 2 aromatic rings. The molecule has 0 saturated carbocycles. The topological polar surface area (TPSA) is 90.1 Å². The molecule has 0 saturated heterocycles. The van der Waals surface area contributed by atoms with Gasteiger partial charge in [-0.2, -0.15) is 8.75 Å². The molecule has 1 unspecified atom stereocenters. The first-order chi connectivity index (χ1) is 9.94. The summed E-state index contributed by atoms with van der Waals surface area (Å²) in [5.41, 5.74) is 7.36. The van der Waals surface area contributed by atoms with Crippen molar-refractivity contribution in [2.75, 3.05) is 5.73 Å². The molecule has 3 rings (SSSR count). The van der Waals surface area contributed by atoms with Gasteiger partial charge in [0.05, 0.1) is 24.0 Å². The van der Waals surface area contributed by atoms with Gasteiger partial charge in [0.25, 0.3) is 5.91 Å². The van der Waals surface area contributed by atoms with Gasteiger partial charge in [-0.3, -0.25) is 4.79 Å². The molecule has 1 amide bonds. The zero-order valence-electron chi connectivity index (χ0n) is 11.8. The van der Waals surface area contributed by atoms with Gasteiger partial charge >= 0.3 is 0 Å². The number of nitrogens with zero attached hydrogens (tertiary/aromatic N) is 2. The molecule has 0 radical (unpaired) electrons. The maximum absolute atomic E-state index is 12.2. The average Bonchev–Trinajstić information content (AvgIpc) is 2.93. The maximum atomic E-state index is 12.2. The standard InChI is InChI=1S/C14H16N4O2S/c1-14(2)6-10(17-13(19)11-7-16-21-18-11)9-5-8(15)3-4-12(9)20-14/h3-5,7,10H,6,15H2,1-2H3,(H,17,19). The van der Waals surface area contributed by atoms with Crippen molar-refractivity contribution in [2.24, 2.45) is 0 Å². The SMILES string of the molecule is CC1(C)CC(NC(=O)c2cnsn2)c2cc(N)ccc2O1. The van der Waals surface area contributed by atoms with Crippen molar-refractivity contribution in [1.29, 1.82) is 0 Å². The fraction of sp³-hybridized carbons (Fsp3) is 0.357. The predicted octanol–water partition coefficient (Wildman–Crippen LogP) is 2.15. The quantitative estimate of drug-likeness (QED) is 0.830. The number of fused-ring (bicyclic) bond motifs is 1. The van der Waals surface area contributed by atoms with E-state index in [1.54, 1.807) is 6.07 Å². The molecule has 2 heterocycles. The van der Waals surface area contributed by atoms with Crippen LogP contribution in [-0.2, 0) is 0 Å². The molecule has 110 valence electrons. The lowest BCUT2D eigenvalue weighted by Crippen LogP contribution is -2.41. The minimum absolute atomic E-state index is 0.165. The Balaban J connectivity index is 1.91. The van der Waals surface area contributed by atoms with Crippen molar-refractivity contribution in [1.82, 2.24) is 14.1 Å². The first-order valence-electron chi connectivity index (χ1n) is 6.61. The number of nitrogens with two attached hydrogens (primary N) is 1. The van der Waals surface area contributed by atoms with E-state index in [0.717, 1.165) is 23.0 Å². The fourth-order valence-electron chi connectivity index (χ4n) is 2.50. The number of hydrogen-bond acceptors (Lipinski definition) is 6. The monoisotopic (exact) mass is 304 g/mol. The summed E-state index contributed by atoms with van der Waals surface area (Å²) >= 11 is 1.01. The minimum Gasteiger partial charge on any atom is -0.487 e. The molecule has 7 heteroatoms. The highest BCUT2D eigenvalue weighted by atomic mass is 32.1. The van der Waals surface area contributed by atoms with E-state index in [-0.39, 0.29) is 17.6 Å². The molecule has 21 heavy (non-hydrogen) atoms. The Kier molecular flexibility index (Phi) is 3.29. The number of rotatable bonds is 2. The summed E-state index contributed by atoms with van der Waals surface area (Å²) in [6.45, 7) is 3.99. The van der Waals surface area contributed by atoms with Crippen molar-refractivity contribution >= 4 is 23.3 Å². The molecule has 1 aromatic heterocycles. The van der Waals surface area contributed by atoms with Crippen LogP contribution < -0.4 is 15.8 Å². The summed E-state index contributed by atoms with van der Waals surface area (Å²) < 4.78 is 13.7. The number of nitrogens with one attached hydrogen (secondary N) is 1. The molecule has 6 nitrogen and oxygen atoms in total. The second-order valence-corrected chi connectivity index (χ2v) is 6.24. The lowest BCUT2D eigenvalue weighted by atomic mass is 9.89. The van der Waals surface area contributed by atoms with Gasteiger partial charge < -0.3 is 15.8 Å². The second-order valence-electron chi connectivity index (χ2n) is 5.68. The highest BCUT2D eigenvalue weighted by Gasteiger charge is 2.35. The second kappa shape index (κ2) is 5.00. The molecule has 1 atom stereocenters. The molecule has 0 bridgehead atoms. The zero-order chi connectivity index (χ0) is 15.0. The number of carbonyl (C=O) groups is 1. The fourth-order valence-corrected chi connectivity index (χ4v) is 2.91. The van der Waals surface area contributed by atoms with Crippen LogP contribution in [0.2, 0.25) is 0 Å². The van der Waals surface area contributed by atoms with E-state index >= 15 is 0 Å². The molecule has 1 aromatic carbocycles. The highest BCUT2D eigenvalue weighted by molar-refractivity contribution is 6.99. The van der Waals surface area contributed by atoms with Gasteiger partial charge in [0.15, 0.2) is 5.69 Å². The Hall–Kier alpha value is -2.15. The lowest BCUT2D eigenvalue weighted by molar-refractivity contribution is 0.0619. The minimum atomic E-state index is -0.360. The third-order valence-electron chi connectivity index (χ3n) is 3.39. The third-order valence-corrected chi connectivity index (χ3v) is 3.87. The smallest absolute Gasteiger partial charge is 0.273 e. The van der Waals surface area contributed by atoms with E-state index in [2.05, 4.69) is 14.1 Å².